The number of pyridine rings is 1. The van der Waals surface area contributed by atoms with Gasteiger partial charge in [-0.2, -0.15) is 5.10 Å². The molecule has 0 saturated heterocycles. The molecule has 0 atom stereocenters. The number of aryl methyl sites for hydroxylation is 1. The van der Waals surface area contributed by atoms with E-state index in [9.17, 15) is 0 Å². The van der Waals surface area contributed by atoms with Gasteiger partial charge in [0.05, 0.1) is 17.9 Å². The highest BCUT2D eigenvalue weighted by Gasteiger charge is 2.05. The number of halogens is 1. The van der Waals surface area contributed by atoms with Gasteiger partial charge in [0.1, 0.15) is 5.65 Å². The van der Waals surface area contributed by atoms with E-state index in [4.69, 9.17) is 0 Å². The van der Waals surface area contributed by atoms with Gasteiger partial charge in [-0.25, -0.2) is 9.67 Å². The normalized spacial score (nSPS) is 11.3. The molecule has 0 aliphatic carbocycles. The number of imidazole rings is 1. The smallest absolute Gasteiger partial charge is 0.191 e. The van der Waals surface area contributed by atoms with Crippen molar-refractivity contribution in [2.45, 2.75) is 19.9 Å². The van der Waals surface area contributed by atoms with Crippen LogP contribution in [0.1, 0.15) is 17.0 Å². The van der Waals surface area contributed by atoms with E-state index in [1.807, 2.05) is 29.1 Å². The predicted octanol–water partition coefficient (Wildman–Crippen LogP) is 3.35. The molecule has 0 aliphatic rings. The van der Waals surface area contributed by atoms with Crippen molar-refractivity contribution in [1.29, 1.82) is 0 Å². The number of aliphatic imine (C=N–C) groups is 1. The SMILES string of the molecule is CN=C(NCCc1ccc(-n2cccn2)cc1)NCc1cn2c(C)cccc2n1.I. The molecule has 0 aliphatic heterocycles. The summed E-state index contributed by atoms with van der Waals surface area (Å²) in [6, 6.07) is 16.5. The highest BCUT2D eigenvalue weighted by molar-refractivity contribution is 14.0. The molecule has 1 aromatic carbocycles. The number of nitrogens with one attached hydrogen (secondary N) is 2. The molecule has 30 heavy (non-hydrogen) atoms. The molecule has 0 bridgehead atoms. The Labute approximate surface area is 193 Å². The molecule has 0 fully saturated rings. The van der Waals surface area contributed by atoms with Crippen LogP contribution in [0.25, 0.3) is 11.3 Å². The van der Waals surface area contributed by atoms with E-state index in [2.05, 4.69) is 73.6 Å². The first kappa shape index (κ1) is 21.8. The maximum Gasteiger partial charge on any atom is 0.191 e. The van der Waals surface area contributed by atoms with Gasteiger partial charge in [-0.3, -0.25) is 4.99 Å². The van der Waals surface area contributed by atoms with Gasteiger partial charge in [-0.05, 0) is 49.2 Å². The Hall–Kier alpha value is -2.88. The highest BCUT2D eigenvalue weighted by atomic mass is 127. The molecule has 0 unspecified atom stereocenters. The van der Waals surface area contributed by atoms with E-state index in [-0.39, 0.29) is 24.0 Å². The van der Waals surface area contributed by atoms with Crippen molar-refractivity contribution in [2.24, 2.45) is 4.99 Å². The third-order valence-corrected chi connectivity index (χ3v) is 4.82. The number of aromatic nitrogens is 4. The van der Waals surface area contributed by atoms with Crippen LogP contribution >= 0.6 is 24.0 Å². The van der Waals surface area contributed by atoms with E-state index in [0.717, 1.165) is 36.0 Å². The minimum atomic E-state index is 0. The number of fused-ring (bicyclic) bond motifs is 1. The molecule has 156 valence electrons. The van der Waals surface area contributed by atoms with Gasteiger partial charge in [0, 0.05) is 37.9 Å². The molecular weight excluding hydrogens is 489 g/mol. The Kier molecular flexibility index (Phi) is 7.45. The molecule has 3 heterocycles. The molecule has 0 radical (unpaired) electrons. The third-order valence-electron chi connectivity index (χ3n) is 4.82. The summed E-state index contributed by atoms with van der Waals surface area (Å²) in [7, 11) is 1.78. The van der Waals surface area contributed by atoms with Gasteiger partial charge in [-0.1, -0.05) is 18.2 Å². The quantitative estimate of drug-likeness (QED) is 0.235. The summed E-state index contributed by atoms with van der Waals surface area (Å²) in [6.07, 6.45) is 6.69. The molecule has 0 amide bonds. The summed E-state index contributed by atoms with van der Waals surface area (Å²) in [4.78, 5) is 8.95. The molecule has 7 nitrogen and oxygen atoms in total. The Bertz CT molecular complexity index is 1100. The lowest BCUT2D eigenvalue weighted by molar-refractivity contribution is 0.786. The predicted molar refractivity (Wildman–Crippen MR) is 131 cm³/mol. The number of rotatable bonds is 6. The van der Waals surface area contributed by atoms with Crippen molar-refractivity contribution in [3.05, 3.63) is 84.1 Å². The maximum absolute atomic E-state index is 4.65. The molecule has 3 aromatic heterocycles. The van der Waals surface area contributed by atoms with Crippen LogP contribution in [0, 0.1) is 6.92 Å². The Balaban J connectivity index is 0.00000256. The van der Waals surface area contributed by atoms with Crippen LogP contribution in [-0.4, -0.2) is 38.7 Å². The molecule has 8 heteroatoms. The molecular formula is C22H26IN7. The monoisotopic (exact) mass is 515 g/mol. The van der Waals surface area contributed by atoms with Crippen molar-refractivity contribution in [3.63, 3.8) is 0 Å². The van der Waals surface area contributed by atoms with E-state index < -0.39 is 0 Å². The summed E-state index contributed by atoms with van der Waals surface area (Å²) in [5, 5.41) is 10.9. The Morgan fingerprint density at radius 2 is 1.90 bits per heavy atom. The second-order valence-electron chi connectivity index (χ2n) is 6.85. The molecule has 4 aromatic rings. The van der Waals surface area contributed by atoms with Gasteiger partial charge in [0.2, 0.25) is 0 Å². The van der Waals surface area contributed by atoms with Crippen molar-refractivity contribution < 1.29 is 0 Å². The minimum Gasteiger partial charge on any atom is -0.356 e. The third kappa shape index (κ3) is 5.18. The second kappa shape index (κ2) is 10.2. The molecule has 4 rings (SSSR count). The average molecular weight is 515 g/mol. The van der Waals surface area contributed by atoms with Crippen LogP contribution in [0.3, 0.4) is 0 Å². The van der Waals surface area contributed by atoms with Crippen molar-refractivity contribution in [1.82, 2.24) is 29.8 Å². The summed E-state index contributed by atoms with van der Waals surface area (Å²) < 4.78 is 3.95. The second-order valence-corrected chi connectivity index (χ2v) is 6.85. The first-order valence-electron chi connectivity index (χ1n) is 9.70. The highest BCUT2D eigenvalue weighted by Crippen LogP contribution is 2.09. The van der Waals surface area contributed by atoms with Crippen LogP contribution in [0.15, 0.2) is 72.1 Å². The topological polar surface area (TPSA) is 71.5 Å². The van der Waals surface area contributed by atoms with E-state index in [1.165, 1.54) is 11.3 Å². The first-order valence-corrected chi connectivity index (χ1v) is 9.70. The fourth-order valence-corrected chi connectivity index (χ4v) is 3.24. The average Bonchev–Trinajstić information content (AvgIpc) is 3.41. The van der Waals surface area contributed by atoms with Crippen LogP contribution < -0.4 is 10.6 Å². The summed E-state index contributed by atoms with van der Waals surface area (Å²) in [5.41, 5.74) is 5.44. The number of hydrogen-bond donors (Lipinski definition) is 2. The van der Waals surface area contributed by atoms with Crippen LogP contribution in [0.4, 0.5) is 0 Å². The zero-order valence-electron chi connectivity index (χ0n) is 17.1. The lowest BCUT2D eigenvalue weighted by Crippen LogP contribution is -2.37. The number of hydrogen-bond acceptors (Lipinski definition) is 3. The fraction of sp³-hybridized carbons (Fsp3) is 0.227. The number of benzene rings is 1. The van der Waals surface area contributed by atoms with Gasteiger partial charge in [-0.15, -0.1) is 24.0 Å². The first-order chi connectivity index (χ1) is 14.2. The van der Waals surface area contributed by atoms with E-state index in [1.54, 1.807) is 13.2 Å². The van der Waals surface area contributed by atoms with Gasteiger partial charge >= 0.3 is 0 Å². The van der Waals surface area contributed by atoms with Crippen LogP contribution in [-0.2, 0) is 13.0 Å². The summed E-state index contributed by atoms with van der Waals surface area (Å²) in [6.45, 7) is 3.50. The van der Waals surface area contributed by atoms with Gasteiger partial charge in [0.15, 0.2) is 5.96 Å². The number of guanidine groups is 1. The maximum atomic E-state index is 4.65. The lowest BCUT2D eigenvalue weighted by Gasteiger charge is -2.11. The Morgan fingerprint density at radius 1 is 1.07 bits per heavy atom. The van der Waals surface area contributed by atoms with E-state index in [0.29, 0.717) is 6.54 Å². The molecule has 0 saturated carbocycles. The van der Waals surface area contributed by atoms with Gasteiger partial charge < -0.3 is 15.0 Å². The zero-order chi connectivity index (χ0) is 20.1. The van der Waals surface area contributed by atoms with Gasteiger partial charge in [0.25, 0.3) is 0 Å². The van der Waals surface area contributed by atoms with Crippen LogP contribution in [0.2, 0.25) is 0 Å². The van der Waals surface area contributed by atoms with Crippen molar-refractivity contribution in [3.8, 4) is 5.69 Å². The summed E-state index contributed by atoms with van der Waals surface area (Å²) >= 11 is 0. The summed E-state index contributed by atoms with van der Waals surface area (Å²) in [5.74, 6) is 0.770. The Morgan fingerprint density at radius 3 is 2.60 bits per heavy atom. The fourth-order valence-electron chi connectivity index (χ4n) is 3.24. The van der Waals surface area contributed by atoms with Crippen LogP contribution in [0.5, 0.6) is 0 Å². The largest absolute Gasteiger partial charge is 0.356 e. The molecule has 0 spiro atoms. The number of nitrogens with zero attached hydrogens (tertiary/aromatic N) is 5. The van der Waals surface area contributed by atoms with Crippen molar-refractivity contribution in [2.75, 3.05) is 13.6 Å². The lowest BCUT2D eigenvalue weighted by atomic mass is 10.1. The van der Waals surface area contributed by atoms with E-state index >= 15 is 0 Å². The minimum absolute atomic E-state index is 0. The van der Waals surface area contributed by atoms with Crippen molar-refractivity contribution >= 4 is 35.6 Å². The standard InChI is InChI=1S/C22H25N7.HI/c1-17-5-3-6-21-27-19(16-28(17)21)15-25-22(23-2)24-13-11-18-7-9-20(10-8-18)29-14-4-12-26-29;/h3-10,12,14,16H,11,13,15H2,1-2H3,(H2,23,24,25);1H. The molecule has 2 N–H and O–H groups in total. The zero-order valence-corrected chi connectivity index (χ0v) is 19.4.